The van der Waals surface area contributed by atoms with Crippen molar-refractivity contribution in [1.29, 1.82) is 0 Å². The highest BCUT2D eigenvalue weighted by Gasteiger charge is 2.17. The van der Waals surface area contributed by atoms with Crippen LogP contribution in [0.15, 0.2) is 47.0 Å². The maximum absolute atomic E-state index is 12.7. The van der Waals surface area contributed by atoms with Gasteiger partial charge in [-0.1, -0.05) is 11.6 Å². The van der Waals surface area contributed by atoms with Crippen LogP contribution in [0, 0.1) is 6.92 Å². The lowest BCUT2D eigenvalue weighted by Gasteiger charge is -2.17. The van der Waals surface area contributed by atoms with Crippen LogP contribution in [-0.2, 0) is 6.54 Å². The summed E-state index contributed by atoms with van der Waals surface area (Å²) in [6, 6.07) is 10.9. The van der Waals surface area contributed by atoms with Crippen LogP contribution in [0.4, 0.5) is 0 Å². The zero-order valence-corrected chi connectivity index (χ0v) is 13.1. The molecule has 0 bridgehead atoms. The van der Waals surface area contributed by atoms with Gasteiger partial charge in [0.05, 0.1) is 22.6 Å². The molecule has 0 spiro atoms. The summed E-state index contributed by atoms with van der Waals surface area (Å²) in [6.45, 7) is 2.28. The minimum absolute atomic E-state index is 0.116. The van der Waals surface area contributed by atoms with Gasteiger partial charge in [0.1, 0.15) is 11.5 Å². The van der Waals surface area contributed by atoms with Gasteiger partial charge in [0.2, 0.25) is 0 Å². The fraction of sp³-hybridized carbons (Fsp3) is 0.176. The molecule has 0 saturated carbocycles. The van der Waals surface area contributed by atoms with Crippen LogP contribution in [-0.4, -0.2) is 22.8 Å². The average molecular weight is 315 g/mol. The van der Waals surface area contributed by atoms with Crippen molar-refractivity contribution in [2.24, 2.45) is 0 Å². The molecule has 2 aromatic heterocycles. The van der Waals surface area contributed by atoms with Crippen LogP contribution in [0.2, 0.25) is 5.02 Å². The van der Waals surface area contributed by atoms with E-state index < -0.39 is 0 Å². The molecular weight excluding hydrogens is 300 g/mol. The molecule has 0 aliphatic heterocycles. The van der Waals surface area contributed by atoms with Crippen molar-refractivity contribution >= 4 is 28.4 Å². The first-order chi connectivity index (χ1) is 10.6. The Morgan fingerprint density at radius 1 is 1.27 bits per heavy atom. The van der Waals surface area contributed by atoms with Crippen LogP contribution in [0.1, 0.15) is 21.9 Å². The van der Waals surface area contributed by atoms with E-state index in [9.17, 15) is 4.79 Å². The number of benzene rings is 1. The second kappa shape index (κ2) is 5.81. The molecular formula is C17H15ClN2O2. The Balaban J connectivity index is 1.93. The van der Waals surface area contributed by atoms with E-state index in [1.165, 1.54) is 0 Å². The number of rotatable bonds is 3. The van der Waals surface area contributed by atoms with Gasteiger partial charge in [0, 0.05) is 18.6 Å². The number of carbonyl (C=O) groups is 1. The van der Waals surface area contributed by atoms with Crippen LogP contribution in [0.25, 0.3) is 10.9 Å². The summed E-state index contributed by atoms with van der Waals surface area (Å²) in [5, 5.41) is 1.36. The van der Waals surface area contributed by atoms with Crippen molar-refractivity contribution in [2.75, 3.05) is 7.05 Å². The van der Waals surface area contributed by atoms with Gasteiger partial charge in [-0.2, -0.15) is 0 Å². The van der Waals surface area contributed by atoms with E-state index in [2.05, 4.69) is 4.98 Å². The molecule has 4 nitrogen and oxygen atoms in total. The van der Waals surface area contributed by atoms with Gasteiger partial charge in [0.25, 0.3) is 5.91 Å². The predicted molar refractivity (Wildman–Crippen MR) is 86.0 cm³/mol. The zero-order chi connectivity index (χ0) is 15.7. The molecule has 3 aromatic rings. The number of carbonyl (C=O) groups excluding carboxylic acids is 1. The minimum Gasteiger partial charge on any atom is -0.464 e. The summed E-state index contributed by atoms with van der Waals surface area (Å²) in [5.41, 5.74) is 1.15. The fourth-order valence-electron chi connectivity index (χ4n) is 2.39. The van der Waals surface area contributed by atoms with Gasteiger partial charge in [-0.25, -0.2) is 0 Å². The Labute approximate surface area is 133 Å². The summed E-state index contributed by atoms with van der Waals surface area (Å²) in [6.07, 6.45) is 1.66. The molecule has 3 rings (SSSR count). The van der Waals surface area contributed by atoms with Gasteiger partial charge in [-0.3, -0.25) is 9.78 Å². The zero-order valence-electron chi connectivity index (χ0n) is 12.3. The van der Waals surface area contributed by atoms with E-state index >= 15 is 0 Å². The SMILES string of the molecule is Cc1ccc(CN(C)C(=O)c2ccc(Cl)c3cccnc23)o1. The summed E-state index contributed by atoms with van der Waals surface area (Å²) in [4.78, 5) is 18.6. The van der Waals surface area contributed by atoms with Crippen molar-refractivity contribution in [3.63, 3.8) is 0 Å². The molecule has 5 heteroatoms. The largest absolute Gasteiger partial charge is 0.464 e. The smallest absolute Gasteiger partial charge is 0.256 e. The standard InChI is InChI=1S/C17H15ClN2O2/c1-11-5-6-12(22-11)10-20(2)17(21)14-7-8-15(18)13-4-3-9-19-16(13)14/h3-9H,10H2,1-2H3. The van der Waals surface area contributed by atoms with E-state index in [0.29, 0.717) is 22.6 Å². The fourth-order valence-corrected chi connectivity index (χ4v) is 2.61. The van der Waals surface area contributed by atoms with Crippen LogP contribution >= 0.6 is 11.6 Å². The molecule has 0 unspecified atom stereocenters. The number of halogens is 1. The quantitative estimate of drug-likeness (QED) is 0.732. The van der Waals surface area contributed by atoms with Crippen LogP contribution in [0.3, 0.4) is 0 Å². The lowest BCUT2D eigenvalue weighted by Crippen LogP contribution is -2.26. The maximum Gasteiger partial charge on any atom is 0.256 e. The van der Waals surface area contributed by atoms with Crippen molar-refractivity contribution in [2.45, 2.75) is 13.5 Å². The molecule has 1 aromatic carbocycles. The molecule has 0 aliphatic rings. The highest BCUT2D eigenvalue weighted by Crippen LogP contribution is 2.25. The maximum atomic E-state index is 12.7. The van der Waals surface area contributed by atoms with Gasteiger partial charge in [0.15, 0.2) is 0 Å². The molecule has 0 atom stereocenters. The third-order valence-electron chi connectivity index (χ3n) is 3.48. The second-order valence-electron chi connectivity index (χ2n) is 5.17. The van der Waals surface area contributed by atoms with E-state index in [4.69, 9.17) is 16.0 Å². The summed E-state index contributed by atoms with van der Waals surface area (Å²) in [5.74, 6) is 1.46. The van der Waals surface area contributed by atoms with E-state index in [1.807, 2.05) is 25.1 Å². The molecule has 2 heterocycles. The number of furan rings is 1. The van der Waals surface area contributed by atoms with Crippen molar-refractivity contribution in [3.05, 3.63) is 64.7 Å². The van der Waals surface area contributed by atoms with E-state index in [-0.39, 0.29) is 5.91 Å². The van der Waals surface area contributed by atoms with Gasteiger partial charge >= 0.3 is 0 Å². The third kappa shape index (κ3) is 2.70. The van der Waals surface area contributed by atoms with E-state index in [1.54, 1.807) is 36.3 Å². The molecule has 0 fully saturated rings. The number of aromatic nitrogens is 1. The minimum atomic E-state index is -0.116. The number of pyridine rings is 1. The Hall–Kier alpha value is -2.33. The van der Waals surface area contributed by atoms with Crippen molar-refractivity contribution in [3.8, 4) is 0 Å². The third-order valence-corrected chi connectivity index (χ3v) is 3.81. The molecule has 0 saturated heterocycles. The highest BCUT2D eigenvalue weighted by molar-refractivity contribution is 6.36. The summed E-state index contributed by atoms with van der Waals surface area (Å²) >= 11 is 6.17. The van der Waals surface area contributed by atoms with Gasteiger partial charge < -0.3 is 9.32 Å². The molecule has 112 valence electrons. The number of nitrogens with zero attached hydrogens (tertiary/aromatic N) is 2. The molecule has 0 radical (unpaired) electrons. The molecule has 22 heavy (non-hydrogen) atoms. The van der Waals surface area contributed by atoms with E-state index in [0.717, 1.165) is 16.9 Å². The first-order valence-electron chi connectivity index (χ1n) is 6.90. The second-order valence-corrected chi connectivity index (χ2v) is 5.58. The Morgan fingerprint density at radius 2 is 2.09 bits per heavy atom. The Kier molecular flexibility index (Phi) is 3.86. The summed E-state index contributed by atoms with van der Waals surface area (Å²) in [7, 11) is 1.74. The number of hydrogen-bond acceptors (Lipinski definition) is 3. The summed E-state index contributed by atoms with van der Waals surface area (Å²) < 4.78 is 5.52. The first kappa shape index (κ1) is 14.6. The lowest BCUT2D eigenvalue weighted by atomic mass is 10.1. The number of hydrogen-bond donors (Lipinski definition) is 0. The molecule has 0 aliphatic carbocycles. The lowest BCUT2D eigenvalue weighted by molar-refractivity contribution is 0.0776. The predicted octanol–water partition coefficient (Wildman–Crippen LogP) is 4.06. The van der Waals surface area contributed by atoms with Crippen LogP contribution in [0.5, 0.6) is 0 Å². The Morgan fingerprint density at radius 3 is 2.82 bits per heavy atom. The topological polar surface area (TPSA) is 46.3 Å². The normalized spacial score (nSPS) is 10.9. The van der Waals surface area contributed by atoms with Crippen LogP contribution < -0.4 is 0 Å². The van der Waals surface area contributed by atoms with Crippen molar-refractivity contribution < 1.29 is 9.21 Å². The van der Waals surface area contributed by atoms with Gasteiger partial charge in [-0.05, 0) is 43.3 Å². The van der Waals surface area contributed by atoms with Gasteiger partial charge in [-0.15, -0.1) is 0 Å². The Bertz CT molecular complexity index is 842. The number of amides is 1. The van der Waals surface area contributed by atoms with Crippen molar-refractivity contribution in [1.82, 2.24) is 9.88 Å². The molecule has 0 N–H and O–H groups in total. The number of fused-ring (bicyclic) bond motifs is 1. The monoisotopic (exact) mass is 314 g/mol. The number of aryl methyl sites for hydroxylation is 1. The first-order valence-corrected chi connectivity index (χ1v) is 7.28. The average Bonchev–Trinajstić information content (AvgIpc) is 2.92. The molecule has 1 amide bonds. The highest BCUT2D eigenvalue weighted by atomic mass is 35.5.